The summed E-state index contributed by atoms with van der Waals surface area (Å²) in [5, 5.41) is 10.9. The fourth-order valence-electron chi connectivity index (χ4n) is 2.77. The van der Waals surface area contributed by atoms with E-state index in [4.69, 9.17) is 27.9 Å². The highest BCUT2D eigenvalue weighted by atomic mass is 35.5. The summed E-state index contributed by atoms with van der Waals surface area (Å²) in [6, 6.07) is 10.8. The summed E-state index contributed by atoms with van der Waals surface area (Å²) < 4.78 is 5.44. The second kappa shape index (κ2) is 6.75. The Balaban J connectivity index is 2.18. The van der Waals surface area contributed by atoms with Gasteiger partial charge >= 0.3 is 5.97 Å². The minimum Gasteiger partial charge on any atom is -0.494 e. The van der Waals surface area contributed by atoms with Gasteiger partial charge in [-0.15, -0.1) is 0 Å². The molecule has 0 atom stereocenters. The van der Waals surface area contributed by atoms with Gasteiger partial charge in [0.15, 0.2) is 0 Å². The van der Waals surface area contributed by atoms with Crippen LogP contribution in [0, 0.1) is 0 Å². The molecule has 3 rings (SSSR count). The van der Waals surface area contributed by atoms with Crippen LogP contribution >= 0.6 is 23.2 Å². The Bertz CT molecular complexity index is 901. The van der Waals surface area contributed by atoms with E-state index in [0.717, 1.165) is 17.0 Å². The number of halogens is 2. The molecule has 0 bridgehead atoms. The van der Waals surface area contributed by atoms with Gasteiger partial charge in [-0.05, 0) is 54.4 Å². The SMILES string of the molecule is CCOc1ccc(-c2[nH]c3cc(Cl)cc(Cl)c3c2CC(=O)O)cc1. The summed E-state index contributed by atoms with van der Waals surface area (Å²) in [5.41, 5.74) is 2.94. The van der Waals surface area contributed by atoms with Gasteiger partial charge in [-0.2, -0.15) is 0 Å². The molecule has 0 spiro atoms. The van der Waals surface area contributed by atoms with Crippen LogP contribution < -0.4 is 4.74 Å². The van der Waals surface area contributed by atoms with E-state index in [-0.39, 0.29) is 6.42 Å². The maximum atomic E-state index is 11.3. The number of aliphatic carboxylic acids is 1. The van der Waals surface area contributed by atoms with Gasteiger partial charge in [0, 0.05) is 15.9 Å². The molecule has 2 aromatic carbocycles. The van der Waals surface area contributed by atoms with Crippen LogP contribution in [-0.4, -0.2) is 22.7 Å². The number of hydrogen-bond acceptors (Lipinski definition) is 2. The Hall–Kier alpha value is -2.17. The van der Waals surface area contributed by atoms with E-state index >= 15 is 0 Å². The quantitative estimate of drug-likeness (QED) is 0.657. The van der Waals surface area contributed by atoms with E-state index in [0.29, 0.717) is 33.1 Å². The van der Waals surface area contributed by atoms with Crippen molar-refractivity contribution in [3.63, 3.8) is 0 Å². The second-order valence-corrected chi connectivity index (χ2v) is 6.16. The Kier molecular flexibility index (Phi) is 4.69. The number of carbonyl (C=O) groups is 1. The monoisotopic (exact) mass is 363 g/mol. The van der Waals surface area contributed by atoms with Crippen LogP contribution in [0.3, 0.4) is 0 Å². The van der Waals surface area contributed by atoms with Gasteiger partial charge in [0.25, 0.3) is 0 Å². The summed E-state index contributed by atoms with van der Waals surface area (Å²) in [5.74, 6) is -0.160. The second-order valence-electron chi connectivity index (χ2n) is 5.32. The number of carboxylic acids is 1. The van der Waals surface area contributed by atoms with Gasteiger partial charge < -0.3 is 14.8 Å². The third kappa shape index (κ3) is 3.21. The molecule has 124 valence electrons. The number of carboxylic acid groups (broad SMARTS) is 1. The number of hydrogen-bond donors (Lipinski definition) is 2. The van der Waals surface area contributed by atoms with Gasteiger partial charge in [0.2, 0.25) is 0 Å². The molecule has 0 aliphatic carbocycles. The zero-order valence-electron chi connectivity index (χ0n) is 12.9. The van der Waals surface area contributed by atoms with Crippen molar-refractivity contribution < 1.29 is 14.6 Å². The maximum Gasteiger partial charge on any atom is 0.307 e. The van der Waals surface area contributed by atoms with Gasteiger partial charge in [-0.3, -0.25) is 4.79 Å². The first-order valence-electron chi connectivity index (χ1n) is 7.44. The predicted molar refractivity (Wildman–Crippen MR) is 96.3 cm³/mol. The molecule has 3 aromatic rings. The number of benzene rings is 2. The fraction of sp³-hybridized carbons (Fsp3) is 0.167. The molecule has 6 heteroatoms. The molecule has 1 aromatic heterocycles. The Morgan fingerprint density at radius 1 is 1.21 bits per heavy atom. The van der Waals surface area contributed by atoms with Crippen LogP contribution in [0.1, 0.15) is 12.5 Å². The number of nitrogens with one attached hydrogen (secondary N) is 1. The largest absolute Gasteiger partial charge is 0.494 e. The van der Waals surface area contributed by atoms with Crippen molar-refractivity contribution >= 4 is 40.1 Å². The molecule has 0 unspecified atom stereocenters. The minimum absolute atomic E-state index is 0.135. The van der Waals surface area contributed by atoms with Crippen molar-refractivity contribution in [3.05, 3.63) is 52.0 Å². The maximum absolute atomic E-state index is 11.3. The fourth-order valence-corrected chi connectivity index (χ4v) is 3.38. The molecule has 4 nitrogen and oxygen atoms in total. The Labute approximate surface area is 149 Å². The molecule has 2 N–H and O–H groups in total. The zero-order valence-corrected chi connectivity index (χ0v) is 14.4. The molecular weight excluding hydrogens is 349 g/mol. The zero-order chi connectivity index (χ0) is 17.3. The Morgan fingerprint density at radius 2 is 1.92 bits per heavy atom. The summed E-state index contributed by atoms with van der Waals surface area (Å²) in [4.78, 5) is 14.6. The normalized spacial score (nSPS) is 11.0. The highest BCUT2D eigenvalue weighted by Gasteiger charge is 2.18. The first-order valence-corrected chi connectivity index (χ1v) is 8.19. The predicted octanol–water partition coefficient (Wildman–Crippen LogP) is 5.17. The van der Waals surface area contributed by atoms with Gasteiger partial charge in [0.05, 0.1) is 23.7 Å². The van der Waals surface area contributed by atoms with Crippen molar-refractivity contribution in [1.82, 2.24) is 4.98 Å². The molecule has 1 heterocycles. The van der Waals surface area contributed by atoms with E-state index in [1.807, 2.05) is 31.2 Å². The molecule has 0 saturated heterocycles. The summed E-state index contributed by atoms with van der Waals surface area (Å²) in [7, 11) is 0. The van der Waals surface area contributed by atoms with Crippen LogP contribution in [0.25, 0.3) is 22.2 Å². The van der Waals surface area contributed by atoms with Crippen molar-refractivity contribution in [2.45, 2.75) is 13.3 Å². The molecule has 0 saturated carbocycles. The van der Waals surface area contributed by atoms with Crippen LogP contribution in [0.15, 0.2) is 36.4 Å². The van der Waals surface area contributed by atoms with E-state index < -0.39 is 5.97 Å². The first-order chi connectivity index (χ1) is 11.5. The number of ether oxygens (including phenoxy) is 1. The van der Waals surface area contributed by atoms with Crippen LogP contribution in [0.5, 0.6) is 5.75 Å². The third-order valence-corrected chi connectivity index (χ3v) is 4.22. The minimum atomic E-state index is -0.922. The lowest BCUT2D eigenvalue weighted by molar-refractivity contribution is -0.136. The van der Waals surface area contributed by atoms with Gasteiger partial charge in [-0.25, -0.2) is 0 Å². The number of aromatic nitrogens is 1. The first kappa shape index (κ1) is 16.7. The van der Waals surface area contributed by atoms with Crippen LogP contribution in [-0.2, 0) is 11.2 Å². The molecular formula is C18H15Cl2NO3. The van der Waals surface area contributed by atoms with E-state index in [1.54, 1.807) is 12.1 Å². The molecule has 0 aliphatic rings. The van der Waals surface area contributed by atoms with Crippen molar-refractivity contribution in [2.75, 3.05) is 6.61 Å². The number of rotatable bonds is 5. The lowest BCUT2D eigenvalue weighted by Gasteiger charge is -2.06. The van der Waals surface area contributed by atoms with E-state index in [9.17, 15) is 9.90 Å². The molecule has 0 radical (unpaired) electrons. The van der Waals surface area contributed by atoms with Gasteiger partial charge in [-0.1, -0.05) is 23.2 Å². The third-order valence-electron chi connectivity index (χ3n) is 3.70. The van der Waals surface area contributed by atoms with Crippen LogP contribution in [0.4, 0.5) is 0 Å². The number of fused-ring (bicyclic) bond motifs is 1. The van der Waals surface area contributed by atoms with Crippen molar-refractivity contribution in [2.24, 2.45) is 0 Å². The molecule has 0 amide bonds. The average molecular weight is 364 g/mol. The highest BCUT2D eigenvalue weighted by molar-refractivity contribution is 6.39. The summed E-state index contributed by atoms with van der Waals surface area (Å²) in [6.45, 7) is 2.51. The molecule has 0 fully saturated rings. The lowest BCUT2D eigenvalue weighted by Crippen LogP contribution is -2.01. The number of aromatic amines is 1. The topological polar surface area (TPSA) is 62.3 Å². The van der Waals surface area contributed by atoms with Gasteiger partial charge in [0.1, 0.15) is 5.75 Å². The lowest BCUT2D eigenvalue weighted by atomic mass is 10.0. The average Bonchev–Trinajstić information content (AvgIpc) is 2.86. The molecule has 0 aliphatic heterocycles. The van der Waals surface area contributed by atoms with Crippen LogP contribution in [0.2, 0.25) is 10.0 Å². The highest BCUT2D eigenvalue weighted by Crippen LogP contribution is 2.37. The smallest absolute Gasteiger partial charge is 0.307 e. The summed E-state index contributed by atoms with van der Waals surface area (Å²) >= 11 is 12.4. The summed E-state index contributed by atoms with van der Waals surface area (Å²) in [6.07, 6.45) is -0.135. The number of H-pyrrole nitrogens is 1. The van der Waals surface area contributed by atoms with Crippen molar-refractivity contribution in [3.8, 4) is 17.0 Å². The van der Waals surface area contributed by atoms with Crippen molar-refractivity contribution in [1.29, 1.82) is 0 Å². The Morgan fingerprint density at radius 3 is 2.54 bits per heavy atom. The van der Waals surface area contributed by atoms with E-state index in [2.05, 4.69) is 4.98 Å². The standard InChI is InChI=1S/C18H15Cl2NO3/c1-2-24-12-5-3-10(4-6-12)18-13(9-16(22)23)17-14(20)7-11(19)8-15(17)21-18/h3-8,21H,2,9H2,1H3,(H,22,23). The van der Waals surface area contributed by atoms with E-state index in [1.165, 1.54) is 0 Å². The molecule has 24 heavy (non-hydrogen) atoms.